The molecule has 1 N–H and O–H groups in total. The Hall–Kier alpha value is -1.36. The normalized spacial score (nSPS) is 23.4. The predicted octanol–water partition coefficient (Wildman–Crippen LogP) is 2.64. The number of carboxylic acids is 1. The van der Waals surface area contributed by atoms with Crippen LogP contribution in [-0.2, 0) is 11.2 Å². The molecule has 104 valence electrons. The molecule has 5 heteroatoms. The van der Waals surface area contributed by atoms with Crippen LogP contribution in [0, 0.1) is 5.92 Å². The average molecular weight is 281 g/mol. The molecule has 0 aliphatic carbocycles. The number of aliphatic carboxylic acids is 1. The quantitative estimate of drug-likeness (QED) is 0.926. The van der Waals surface area contributed by atoms with E-state index in [1.807, 2.05) is 26.0 Å². The number of rotatable bonds is 3. The van der Waals surface area contributed by atoms with Gasteiger partial charge in [-0.2, -0.15) is 0 Å². The van der Waals surface area contributed by atoms with Crippen molar-refractivity contribution in [2.45, 2.75) is 39.2 Å². The van der Waals surface area contributed by atoms with Gasteiger partial charge in [0.1, 0.15) is 6.04 Å². The summed E-state index contributed by atoms with van der Waals surface area (Å²) in [6.07, 6.45) is 2.64. The molecule has 19 heavy (non-hydrogen) atoms. The average Bonchev–Trinajstić information content (AvgIpc) is 2.85. The van der Waals surface area contributed by atoms with Crippen molar-refractivity contribution in [2.75, 3.05) is 6.54 Å². The third kappa shape index (κ3) is 2.81. The van der Waals surface area contributed by atoms with Gasteiger partial charge in [0.2, 0.25) is 0 Å². The van der Waals surface area contributed by atoms with Gasteiger partial charge in [0.05, 0.1) is 4.88 Å². The van der Waals surface area contributed by atoms with Crippen molar-refractivity contribution < 1.29 is 14.7 Å². The highest BCUT2D eigenvalue weighted by molar-refractivity contribution is 7.14. The number of carbonyl (C=O) groups excluding carboxylic acids is 1. The van der Waals surface area contributed by atoms with Gasteiger partial charge in [0, 0.05) is 11.4 Å². The number of carbonyl (C=O) groups is 2. The lowest BCUT2D eigenvalue weighted by molar-refractivity contribution is -0.145. The molecule has 0 spiro atoms. The van der Waals surface area contributed by atoms with E-state index in [4.69, 9.17) is 0 Å². The fraction of sp³-hybridized carbons (Fsp3) is 0.571. The van der Waals surface area contributed by atoms with E-state index in [1.54, 1.807) is 0 Å². The van der Waals surface area contributed by atoms with Gasteiger partial charge >= 0.3 is 5.97 Å². The summed E-state index contributed by atoms with van der Waals surface area (Å²) in [6, 6.07) is 3.07. The van der Waals surface area contributed by atoms with Gasteiger partial charge in [-0.05, 0) is 37.3 Å². The van der Waals surface area contributed by atoms with Crippen molar-refractivity contribution in [2.24, 2.45) is 5.92 Å². The Bertz CT molecular complexity index is 483. The molecule has 4 nitrogen and oxygen atoms in total. The number of amides is 1. The van der Waals surface area contributed by atoms with Crippen LogP contribution in [0.1, 0.15) is 41.2 Å². The topological polar surface area (TPSA) is 57.6 Å². The largest absolute Gasteiger partial charge is 0.480 e. The third-order valence-electron chi connectivity index (χ3n) is 3.67. The number of likely N-dealkylation sites (tertiary alicyclic amines) is 1. The second kappa shape index (κ2) is 5.74. The Balaban J connectivity index is 2.22. The Morgan fingerprint density at radius 1 is 1.47 bits per heavy atom. The van der Waals surface area contributed by atoms with Gasteiger partial charge < -0.3 is 10.0 Å². The summed E-state index contributed by atoms with van der Waals surface area (Å²) >= 11 is 1.47. The molecule has 0 saturated carbocycles. The molecule has 1 aromatic rings. The van der Waals surface area contributed by atoms with E-state index in [1.165, 1.54) is 16.2 Å². The fourth-order valence-electron chi connectivity index (χ4n) is 2.62. The predicted molar refractivity (Wildman–Crippen MR) is 74.6 cm³/mol. The number of nitrogens with zero attached hydrogens (tertiary/aromatic N) is 1. The van der Waals surface area contributed by atoms with Crippen LogP contribution >= 0.6 is 11.3 Å². The smallest absolute Gasteiger partial charge is 0.326 e. The maximum Gasteiger partial charge on any atom is 0.326 e. The first-order valence-corrected chi connectivity index (χ1v) is 7.48. The zero-order valence-electron chi connectivity index (χ0n) is 11.3. The molecule has 2 atom stereocenters. The van der Waals surface area contributed by atoms with E-state index in [9.17, 15) is 14.7 Å². The van der Waals surface area contributed by atoms with Gasteiger partial charge in [-0.3, -0.25) is 4.79 Å². The van der Waals surface area contributed by atoms with E-state index in [2.05, 4.69) is 0 Å². The molecule has 1 aromatic heterocycles. The Morgan fingerprint density at radius 2 is 2.21 bits per heavy atom. The van der Waals surface area contributed by atoms with Gasteiger partial charge in [-0.1, -0.05) is 13.8 Å². The molecule has 1 aliphatic rings. The van der Waals surface area contributed by atoms with Crippen molar-refractivity contribution in [1.29, 1.82) is 0 Å². The highest BCUT2D eigenvalue weighted by Crippen LogP contribution is 2.27. The van der Waals surface area contributed by atoms with Crippen LogP contribution in [-0.4, -0.2) is 34.5 Å². The van der Waals surface area contributed by atoms with Crippen LogP contribution in [0.15, 0.2) is 12.1 Å². The van der Waals surface area contributed by atoms with E-state index in [-0.39, 0.29) is 11.8 Å². The lowest BCUT2D eigenvalue weighted by Crippen LogP contribution is -2.51. The summed E-state index contributed by atoms with van der Waals surface area (Å²) < 4.78 is 0. The summed E-state index contributed by atoms with van der Waals surface area (Å²) in [5.41, 5.74) is 0. The molecule has 0 aromatic carbocycles. The molecular formula is C14H19NO3S. The molecule has 2 rings (SSSR count). The zero-order chi connectivity index (χ0) is 14.0. The highest BCUT2D eigenvalue weighted by Gasteiger charge is 2.37. The summed E-state index contributed by atoms with van der Waals surface area (Å²) in [5.74, 6) is -1.02. The monoisotopic (exact) mass is 281 g/mol. The van der Waals surface area contributed by atoms with E-state index in [0.29, 0.717) is 11.4 Å². The number of hydrogen-bond donors (Lipinski definition) is 1. The Morgan fingerprint density at radius 3 is 2.79 bits per heavy atom. The van der Waals surface area contributed by atoms with Crippen LogP contribution in [0.25, 0.3) is 0 Å². The SMILES string of the molecule is CCc1ccc(C(=O)N2CCCC(C)C2C(=O)O)s1. The Labute approximate surface area is 117 Å². The van der Waals surface area contributed by atoms with Crippen LogP contribution in [0.4, 0.5) is 0 Å². The Kier molecular flexibility index (Phi) is 4.24. The lowest BCUT2D eigenvalue weighted by atomic mass is 9.90. The summed E-state index contributed by atoms with van der Waals surface area (Å²) in [7, 11) is 0. The van der Waals surface area contributed by atoms with Crippen LogP contribution < -0.4 is 0 Å². The second-order valence-corrected chi connectivity index (χ2v) is 6.19. The van der Waals surface area contributed by atoms with Crippen LogP contribution in [0.2, 0.25) is 0 Å². The number of carboxylic acid groups (broad SMARTS) is 1. The van der Waals surface area contributed by atoms with Gasteiger partial charge in [0.15, 0.2) is 0 Å². The first kappa shape index (κ1) is 14.1. The molecule has 1 amide bonds. The first-order valence-electron chi connectivity index (χ1n) is 6.67. The maximum absolute atomic E-state index is 12.5. The highest BCUT2D eigenvalue weighted by atomic mass is 32.1. The minimum Gasteiger partial charge on any atom is -0.480 e. The van der Waals surface area contributed by atoms with Gasteiger partial charge in [-0.25, -0.2) is 4.79 Å². The molecule has 0 radical (unpaired) electrons. The molecule has 0 bridgehead atoms. The number of aryl methyl sites for hydroxylation is 1. The van der Waals surface area contributed by atoms with Crippen molar-refractivity contribution in [3.63, 3.8) is 0 Å². The zero-order valence-corrected chi connectivity index (χ0v) is 12.1. The van der Waals surface area contributed by atoms with Gasteiger partial charge in [0.25, 0.3) is 5.91 Å². The lowest BCUT2D eigenvalue weighted by Gasteiger charge is -2.37. The number of piperidine rings is 1. The number of thiophene rings is 1. The van der Waals surface area contributed by atoms with Crippen LogP contribution in [0.3, 0.4) is 0 Å². The molecular weight excluding hydrogens is 262 g/mol. The fourth-order valence-corrected chi connectivity index (χ4v) is 3.52. The molecule has 1 fully saturated rings. The molecule has 2 unspecified atom stereocenters. The minimum absolute atomic E-state index is 0.0146. The van der Waals surface area contributed by atoms with Crippen molar-refractivity contribution in [3.8, 4) is 0 Å². The minimum atomic E-state index is -0.896. The maximum atomic E-state index is 12.5. The third-order valence-corrected chi connectivity index (χ3v) is 4.89. The second-order valence-electron chi connectivity index (χ2n) is 5.02. The van der Waals surface area contributed by atoms with Crippen molar-refractivity contribution in [3.05, 3.63) is 21.9 Å². The van der Waals surface area contributed by atoms with E-state index in [0.717, 1.165) is 24.1 Å². The van der Waals surface area contributed by atoms with Crippen molar-refractivity contribution in [1.82, 2.24) is 4.90 Å². The van der Waals surface area contributed by atoms with Crippen molar-refractivity contribution >= 4 is 23.2 Å². The molecule has 1 saturated heterocycles. The van der Waals surface area contributed by atoms with Crippen LogP contribution in [0.5, 0.6) is 0 Å². The summed E-state index contributed by atoms with van der Waals surface area (Å²) in [5, 5.41) is 9.34. The summed E-state index contributed by atoms with van der Waals surface area (Å²) in [4.78, 5) is 27.2. The molecule has 2 heterocycles. The van der Waals surface area contributed by atoms with E-state index < -0.39 is 12.0 Å². The van der Waals surface area contributed by atoms with E-state index >= 15 is 0 Å². The number of hydrogen-bond acceptors (Lipinski definition) is 3. The standard InChI is InChI=1S/C14H19NO3S/c1-3-10-6-7-11(19-10)13(16)15-8-4-5-9(2)12(15)14(17)18/h6-7,9,12H,3-5,8H2,1-2H3,(H,17,18). The van der Waals surface area contributed by atoms with Gasteiger partial charge in [-0.15, -0.1) is 11.3 Å². The first-order chi connectivity index (χ1) is 9.04. The summed E-state index contributed by atoms with van der Waals surface area (Å²) in [6.45, 7) is 4.49. The molecule has 1 aliphatic heterocycles.